The van der Waals surface area contributed by atoms with Gasteiger partial charge in [-0.2, -0.15) is 5.10 Å². The number of rotatable bonds is 5. The lowest BCUT2D eigenvalue weighted by atomic mass is 10.0. The Kier molecular flexibility index (Phi) is 4.96. The average Bonchev–Trinajstić information content (AvgIpc) is 2.88. The van der Waals surface area contributed by atoms with Crippen LogP contribution in [0.25, 0.3) is 0 Å². The van der Waals surface area contributed by atoms with Crippen molar-refractivity contribution in [2.24, 2.45) is 5.84 Å². The number of hydrogen-bond acceptors (Lipinski definition) is 3. The second-order valence-electron chi connectivity index (χ2n) is 5.28. The van der Waals surface area contributed by atoms with E-state index in [0.717, 1.165) is 22.2 Å². The summed E-state index contributed by atoms with van der Waals surface area (Å²) >= 11 is 3.64. The topological polar surface area (TPSA) is 55.9 Å². The Balaban J connectivity index is 2.22. The van der Waals surface area contributed by atoms with E-state index in [1.807, 2.05) is 23.0 Å². The Morgan fingerprint density at radius 1 is 1.35 bits per heavy atom. The minimum Gasteiger partial charge on any atom is -0.271 e. The van der Waals surface area contributed by atoms with E-state index in [0.29, 0.717) is 6.04 Å². The molecule has 0 radical (unpaired) electrons. The van der Waals surface area contributed by atoms with Gasteiger partial charge in [-0.25, -0.2) is 0 Å². The maximum Gasteiger partial charge on any atom is 0.0644 e. The van der Waals surface area contributed by atoms with Crippen LogP contribution in [0, 0.1) is 6.92 Å². The molecule has 20 heavy (non-hydrogen) atoms. The quantitative estimate of drug-likeness (QED) is 0.650. The van der Waals surface area contributed by atoms with Gasteiger partial charge in [0.15, 0.2) is 0 Å². The Morgan fingerprint density at radius 2 is 2.10 bits per heavy atom. The van der Waals surface area contributed by atoms with Gasteiger partial charge < -0.3 is 0 Å². The first-order chi connectivity index (χ1) is 9.52. The van der Waals surface area contributed by atoms with E-state index in [4.69, 9.17) is 5.84 Å². The van der Waals surface area contributed by atoms with Crippen LogP contribution >= 0.6 is 15.9 Å². The highest BCUT2D eigenvalue weighted by Crippen LogP contribution is 2.28. The largest absolute Gasteiger partial charge is 0.271 e. The van der Waals surface area contributed by atoms with Gasteiger partial charge in [-0.15, -0.1) is 0 Å². The Morgan fingerprint density at radius 3 is 2.70 bits per heavy atom. The van der Waals surface area contributed by atoms with Gasteiger partial charge in [-0.05, 0) is 38.0 Å². The molecule has 108 valence electrons. The number of nitrogens with one attached hydrogen (secondary N) is 1. The van der Waals surface area contributed by atoms with Crippen molar-refractivity contribution in [3.05, 3.63) is 51.8 Å². The molecule has 0 fully saturated rings. The lowest BCUT2D eigenvalue weighted by Crippen LogP contribution is -2.30. The van der Waals surface area contributed by atoms with Gasteiger partial charge in [-0.1, -0.05) is 34.1 Å². The molecule has 3 N–H and O–H groups in total. The summed E-state index contributed by atoms with van der Waals surface area (Å²) in [6.07, 6.45) is 2.77. The van der Waals surface area contributed by atoms with Gasteiger partial charge in [0.05, 0.1) is 11.7 Å². The van der Waals surface area contributed by atoms with Crippen LogP contribution in [-0.4, -0.2) is 9.78 Å². The van der Waals surface area contributed by atoms with E-state index < -0.39 is 0 Å². The van der Waals surface area contributed by atoms with Crippen LogP contribution in [0.3, 0.4) is 0 Å². The number of hydrogen-bond donors (Lipinski definition) is 2. The fourth-order valence-corrected chi connectivity index (χ4v) is 2.72. The first-order valence-electron chi connectivity index (χ1n) is 6.78. The molecule has 2 aromatic rings. The number of benzene rings is 1. The molecule has 0 aliphatic rings. The summed E-state index contributed by atoms with van der Waals surface area (Å²) in [6, 6.07) is 8.68. The summed E-state index contributed by atoms with van der Waals surface area (Å²) in [4.78, 5) is 0. The van der Waals surface area contributed by atoms with E-state index in [2.05, 4.69) is 59.4 Å². The zero-order valence-corrected chi connectivity index (χ0v) is 13.7. The number of nitrogens with zero attached hydrogens (tertiary/aromatic N) is 2. The van der Waals surface area contributed by atoms with Crippen molar-refractivity contribution in [2.45, 2.75) is 39.3 Å². The molecule has 2 rings (SSSR count). The van der Waals surface area contributed by atoms with Crippen molar-refractivity contribution >= 4 is 15.9 Å². The third-order valence-corrected chi connectivity index (χ3v) is 4.49. The molecular formula is C15H21BrN4. The third kappa shape index (κ3) is 3.29. The standard InChI is InChI=1S/C15H21BrN4/c1-10(2)20-8-7-12(19-20)9-14(18-17)13-6-4-5-11(3)15(13)16/h4-8,10,14,18H,9,17H2,1-3H3. The van der Waals surface area contributed by atoms with Crippen LogP contribution in [0.4, 0.5) is 0 Å². The second kappa shape index (κ2) is 6.52. The summed E-state index contributed by atoms with van der Waals surface area (Å²) in [5, 5.41) is 4.58. The maximum absolute atomic E-state index is 5.73. The molecule has 0 aliphatic carbocycles. The lowest BCUT2D eigenvalue weighted by molar-refractivity contribution is 0.506. The second-order valence-corrected chi connectivity index (χ2v) is 6.08. The van der Waals surface area contributed by atoms with E-state index in [1.165, 1.54) is 5.56 Å². The SMILES string of the molecule is Cc1cccc(C(Cc2ccn(C(C)C)n2)NN)c1Br. The smallest absolute Gasteiger partial charge is 0.0644 e. The molecular weight excluding hydrogens is 316 g/mol. The Hall–Kier alpha value is -1.17. The van der Waals surface area contributed by atoms with Crippen molar-refractivity contribution in [3.63, 3.8) is 0 Å². The molecule has 1 unspecified atom stereocenters. The summed E-state index contributed by atoms with van der Waals surface area (Å²) in [5.41, 5.74) is 6.29. The monoisotopic (exact) mass is 336 g/mol. The number of hydrazine groups is 1. The molecule has 0 amide bonds. The van der Waals surface area contributed by atoms with Crippen molar-refractivity contribution in [2.75, 3.05) is 0 Å². The van der Waals surface area contributed by atoms with Crippen LogP contribution in [0.2, 0.25) is 0 Å². The lowest BCUT2D eigenvalue weighted by Gasteiger charge is -2.18. The van der Waals surface area contributed by atoms with E-state index in [-0.39, 0.29) is 6.04 Å². The first-order valence-corrected chi connectivity index (χ1v) is 7.57. The van der Waals surface area contributed by atoms with Crippen molar-refractivity contribution in [1.29, 1.82) is 0 Å². The predicted molar refractivity (Wildman–Crippen MR) is 85.3 cm³/mol. The molecule has 1 atom stereocenters. The van der Waals surface area contributed by atoms with Gasteiger partial charge in [0, 0.05) is 23.1 Å². The van der Waals surface area contributed by atoms with Gasteiger partial charge >= 0.3 is 0 Å². The number of nitrogens with two attached hydrogens (primary N) is 1. The average molecular weight is 337 g/mol. The minimum atomic E-state index is 0.0415. The maximum atomic E-state index is 5.73. The van der Waals surface area contributed by atoms with E-state index >= 15 is 0 Å². The Bertz CT molecular complexity index is 577. The van der Waals surface area contributed by atoms with Gasteiger partial charge in [0.2, 0.25) is 0 Å². The highest BCUT2D eigenvalue weighted by atomic mass is 79.9. The molecule has 0 aliphatic heterocycles. The summed E-state index contributed by atoms with van der Waals surface area (Å²) in [5.74, 6) is 5.73. The molecule has 0 spiro atoms. The number of aryl methyl sites for hydroxylation is 1. The van der Waals surface area contributed by atoms with Crippen LogP contribution < -0.4 is 11.3 Å². The Labute approximate surface area is 128 Å². The van der Waals surface area contributed by atoms with E-state index in [1.54, 1.807) is 0 Å². The van der Waals surface area contributed by atoms with Gasteiger partial charge in [0.25, 0.3) is 0 Å². The molecule has 1 aromatic heterocycles. The molecule has 0 saturated heterocycles. The van der Waals surface area contributed by atoms with Crippen molar-refractivity contribution < 1.29 is 0 Å². The fourth-order valence-electron chi connectivity index (χ4n) is 2.18. The van der Waals surface area contributed by atoms with Crippen LogP contribution in [0.1, 0.15) is 42.8 Å². The summed E-state index contributed by atoms with van der Waals surface area (Å²) < 4.78 is 3.07. The predicted octanol–water partition coefficient (Wildman–Crippen LogP) is 3.28. The van der Waals surface area contributed by atoms with Gasteiger partial charge in [0.1, 0.15) is 0 Å². The third-order valence-electron chi connectivity index (χ3n) is 3.40. The highest BCUT2D eigenvalue weighted by Gasteiger charge is 2.16. The normalized spacial score (nSPS) is 12.9. The van der Waals surface area contributed by atoms with Gasteiger partial charge in [-0.3, -0.25) is 16.0 Å². The molecule has 1 heterocycles. The zero-order chi connectivity index (χ0) is 14.7. The molecule has 0 bridgehead atoms. The minimum absolute atomic E-state index is 0.0415. The number of aromatic nitrogens is 2. The van der Waals surface area contributed by atoms with Crippen LogP contribution in [-0.2, 0) is 6.42 Å². The first kappa shape index (κ1) is 15.2. The number of halogens is 1. The molecule has 0 saturated carbocycles. The van der Waals surface area contributed by atoms with Crippen molar-refractivity contribution in [3.8, 4) is 0 Å². The molecule has 5 heteroatoms. The fraction of sp³-hybridized carbons (Fsp3) is 0.400. The van der Waals surface area contributed by atoms with E-state index in [9.17, 15) is 0 Å². The highest BCUT2D eigenvalue weighted by molar-refractivity contribution is 9.10. The summed E-state index contributed by atoms with van der Waals surface area (Å²) in [6.45, 7) is 6.31. The molecule has 4 nitrogen and oxygen atoms in total. The van der Waals surface area contributed by atoms with Crippen LogP contribution in [0.5, 0.6) is 0 Å². The molecule has 1 aromatic carbocycles. The summed E-state index contributed by atoms with van der Waals surface area (Å²) in [7, 11) is 0. The van der Waals surface area contributed by atoms with Crippen LogP contribution in [0.15, 0.2) is 34.9 Å². The van der Waals surface area contributed by atoms with Crippen molar-refractivity contribution in [1.82, 2.24) is 15.2 Å². The zero-order valence-electron chi connectivity index (χ0n) is 12.1.